The summed E-state index contributed by atoms with van der Waals surface area (Å²) < 4.78 is 5.92. The van der Waals surface area contributed by atoms with Crippen LogP contribution >= 0.6 is 0 Å². The van der Waals surface area contributed by atoms with Gasteiger partial charge in [-0.25, -0.2) is 4.98 Å². The first kappa shape index (κ1) is 14.5. The van der Waals surface area contributed by atoms with Gasteiger partial charge in [0, 0.05) is 18.0 Å². The predicted octanol–water partition coefficient (Wildman–Crippen LogP) is 4.12. The molecule has 0 N–H and O–H groups in total. The molecule has 0 fully saturated rings. The molecule has 0 saturated heterocycles. The fraction of sp³-hybridized carbons (Fsp3) is 0.412. The molecule has 0 aromatic carbocycles. The van der Waals surface area contributed by atoms with E-state index in [2.05, 4.69) is 29.9 Å². The molecule has 0 radical (unpaired) electrons. The van der Waals surface area contributed by atoms with Gasteiger partial charge in [-0.05, 0) is 49.9 Å². The lowest BCUT2D eigenvalue weighted by Gasteiger charge is -2.15. The van der Waals surface area contributed by atoms with Gasteiger partial charge in [-0.2, -0.15) is 0 Å². The minimum atomic E-state index is -0.0988. The average molecular weight is 270 g/mol. The zero-order chi connectivity index (χ0) is 14.5. The maximum atomic E-state index is 5.92. The van der Waals surface area contributed by atoms with Crippen LogP contribution in [0.3, 0.4) is 0 Å². The van der Waals surface area contributed by atoms with Gasteiger partial charge in [-0.15, -0.1) is 0 Å². The summed E-state index contributed by atoms with van der Waals surface area (Å²) in [6, 6.07) is 8.00. The molecule has 0 saturated carbocycles. The van der Waals surface area contributed by atoms with E-state index in [-0.39, 0.29) is 6.10 Å². The summed E-state index contributed by atoms with van der Waals surface area (Å²) >= 11 is 0. The maximum Gasteiger partial charge on any atom is 0.216 e. The topological polar surface area (TPSA) is 35.0 Å². The molecule has 2 rings (SSSR count). The first-order valence-corrected chi connectivity index (χ1v) is 7.09. The second kappa shape index (κ2) is 6.51. The summed E-state index contributed by atoms with van der Waals surface area (Å²) in [5.41, 5.74) is 3.25. The quantitative estimate of drug-likeness (QED) is 0.819. The SMILES string of the molecule is Cc1cc(CC(C)C)cnc1OC(C)c1ccccn1. The van der Waals surface area contributed by atoms with Crippen LogP contribution in [0.5, 0.6) is 5.88 Å². The van der Waals surface area contributed by atoms with Crippen LogP contribution in [0.1, 0.15) is 43.7 Å². The van der Waals surface area contributed by atoms with Crippen molar-refractivity contribution in [2.45, 2.75) is 40.2 Å². The molecule has 0 aliphatic heterocycles. The fourth-order valence-corrected chi connectivity index (χ4v) is 2.17. The third kappa shape index (κ3) is 3.80. The molecule has 0 amide bonds. The summed E-state index contributed by atoms with van der Waals surface area (Å²) in [6.45, 7) is 8.45. The standard InChI is InChI=1S/C17H22N2O/c1-12(2)9-15-10-13(3)17(19-11-15)20-14(4)16-7-5-6-8-18-16/h5-8,10-12,14H,9H2,1-4H3. The molecule has 20 heavy (non-hydrogen) atoms. The molecule has 0 bridgehead atoms. The summed E-state index contributed by atoms with van der Waals surface area (Å²) in [5, 5.41) is 0. The molecule has 3 nitrogen and oxygen atoms in total. The van der Waals surface area contributed by atoms with E-state index in [0.29, 0.717) is 11.8 Å². The van der Waals surface area contributed by atoms with E-state index in [1.165, 1.54) is 5.56 Å². The number of nitrogens with zero attached hydrogens (tertiary/aromatic N) is 2. The number of hydrogen-bond donors (Lipinski definition) is 0. The second-order valence-electron chi connectivity index (χ2n) is 5.58. The van der Waals surface area contributed by atoms with Crippen LogP contribution in [0.25, 0.3) is 0 Å². The molecular weight excluding hydrogens is 248 g/mol. The summed E-state index contributed by atoms with van der Waals surface area (Å²) in [5.74, 6) is 1.33. The van der Waals surface area contributed by atoms with Gasteiger partial charge in [0.1, 0.15) is 6.10 Å². The highest BCUT2D eigenvalue weighted by atomic mass is 16.5. The minimum absolute atomic E-state index is 0.0988. The molecule has 1 atom stereocenters. The van der Waals surface area contributed by atoms with E-state index >= 15 is 0 Å². The van der Waals surface area contributed by atoms with E-state index < -0.39 is 0 Å². The van der Waals surface area contributed by atoms with Gasteiger partial charge in [0.25, 0.3) is 0 Å². The molecule has 0 spiro atoms. The van der Waals surface area contributed by atoms with Gasteiger partial charge in [0.15, 0.2) is 0 Å². The van der Waals surface area contributed by atoms with E-state index in [9.17, 15) is 0 Å². The number of aromatic nitrogens is 2. The number of hydrogen-bond acceptors (Lipinski definition) is 3. The van der Waals surface area contributed by atoms with Crippen molar-refractivity contribution in [1.29, 1.82) is 0 Å². The van der Waals surface area contributed by atoms with E-state index in [4.69, 9.17) is 4.74 Å². The predicted molar refractivity (Wildman–Crippen MR) is 80.8 cm³/mol. The number of ether oxygens (including phenoxy) is 1. The van der Waals surface area contributed by atoms with Crippen molar-refractivity contribution in [3.8, 4) is 5.88 Å². The molecule has 2 aromatic heterocycles. The molecule has 106 valence electrons. The Labute approximate surface area is 121 Å². The molecule has 0 aliphatic carbocycles. The molecule has 3 heteroatoms. The lowest BCUT2D eigenvalue weighted by Crippen LogP contribution is -2.07. The van der Waals surface area contributed by atoms with Crippen molar-refractivity contribution in [1.82, 2.24) is 9.97 Å². The Hall–Kier alpha value is -1.90. The first-order chi connectivity index (χ1) is 9.56. The van der Waals surface area contributed by atoms with Crippen LogP contribution in [0, 0.1) is 12.8 Å². The number of rotatable bonds is 5. The summed E-state index contributed by atoms with van der Waals surface area (Å²) in [4.78, 5) is 8.76. The number of aryl methyl sites for hydroxylation is 1. The Morgan fingerprint density at radius 2 is 1.95 bits per heavy atom. The van der Waals surface area contributed by atoms with Gasteiger partial charge in [-0.1, -0.05) is 19.9 Å². The second-order valence-corrected chi connectivity index (χ2v) is 5.58. The highest BCUT2D eigenvalue weighted by molar-refractivity contribution is 5.29. The van der Waals surface area contributed by atoms with Crippen LogP contribution in [0.4, 0.5) is 0 Å². The van der Waals surface area contributed by atoms with Crippen LogP contribution in [-0.2, 0) is 6.42 Å². The zero-order valence-electron chi connectivity index (χ0n) is 12.6. The lowest BCUT2D eigenvalue weighted by atomic mass is 10.0. The highest BCUT2D eigenvalue weighted by Crippen LogP contribution is 2.23. The van der Waals surface area contributed by atoms with Crippen molar-refractivity contribution >= 4 is 0 Å². The van der Waals surface area contributed by atoms with Crippen LogP contribution in [-0.4, -0.2) is 9.97 Å². The fourth-order valence-electron chi connectivity index (χ4n) is 2.17. The molecule has 0 aliphatic rings. The van der Waals surface area contributed by atoms with Crippen LogP contribution < -0.4 is 4.74 Å². The maximum absolute atomic E-state index is 5.92. The highest BCUT2D eigenvalue weighted by Gasteiger charge is 2.11. The van der Waals surface area contributed by atoms with Crippen molar-refractivity contribution in [2.24, 2.45) is 5.92 Å². The van der Waals surface area contributed by atoms with E-state index in [1.54, 1.807) is 6.20 Å². The van der Waals surface area contributed by atoms with Crippen molar-refractivity contribution in [3.05, 3.63) is 53.5 Å². The Kier molecular flexibility index (Phi) is 4.72. The molecule has 2 aromatic rings. The van der Waals surface area contributed by atoms with Crippen LogP contribution in [0.15, 0.2) is 36.7 Å². The van der Waals surface area contributed by atoms with E-state index in [0.717, 1.165) is 17.7 Å². The molecule has 2 heterocycles. The Morgan fingerprint density at radius 3 is 2.55 bits per heavy atom. The smallest absolute Gasteiger partial charge is 0.216 e. The van der Waals surface area contributed by atoms with Gasteiger partial charge in [-0.3, -0.25) is 4.98 Å². The van der Waals surface area contributed by atoms with Gasteiger partial charge in [0.2, 0.25) is 5.88 Å². The Balaban J connectivity index is 2.10. The Bertz CT molecular complexity index is 552. The monoisotopic (exact) mass is 270 g/mol. The first-order valence-electron chi connectivity index (χ1n) is 7.09. The third-order valence-electron chi connectivity index (χ3n) is 3.12. The molecule has 1 unspecified atom stereocenters. The van der Waals surface area contributed by atoms with Crippen LogP contribution in [0.2, 0.25) is 0 Å². The zero-order valence-corrected chi connectivity index (χ0v) is 12.6. The van der Waals surface area contributed by atoms with Crippen molar-refractivity contribution in [3.63, 3.8) is 0 Å². The Morgan fingerprint density at radius 1 is 1.15 bits per heavy atom. The normalized spacial score (nSPS) is 12.4. The number of pyridine rings is 2. The summed E-state index contributed by atoms with van der Waals surface area (Å²) in [6.07, 6.45) is 4.64. The third-order valence-corrected chi connectivity index (χ3v) is 3.12. The van der Waals surface area contributed by atoms with Gasteiger partial charge in [0.05, 0.1) is 5.69 Å². The average Bonchev–Trinajstić information content (AvgIpc) is 2.42. The van der Waals surface area contributed by atoms with E-state index in [1.807, 2.05) is 38.2 Å². The lowest BCUT2D eigenvalue weighted by molar-refractivity contribution is 0.211. The summed E-state index contributed by atoms with van der Waals surface area (Å²) in [7, 11) is 0. The minimum Gasteiger partial charge on any atom is -0.468 e. The van der Waals surface area contributed by atoms with Gasteiger partial charge >= 0.3 is 0 Å². The van der Waals surface area contributed by atoms with Crippen molar-refractivity contribution < 1.29 is 4.74 Å². The molecular formula is C17H22N2O. The largest absolute Gasteiger partial charge is 0.468 e. The van der Waals surface area contributed by atoms with Gasteiger partial charge < -0.3 is 4.74 Å². The van der Waals surface area contributed by atoms with Crippen molar-refractivity contribution in [2.75, 3.05) is 0 Å².